The third-order valence-corrected chi connectivity index (χ3v) is 6.23. The van der Waals surface area contributed by atoms with E-state index >= 15 is 0 Å². The Morgan fingerprint density at radius 1 is 1.19 bits per heavy atom. The molecule has 4 aliphatic rings. The smallest absolute Gasteiger partial charge is 0.255 e. The van der Waals surface area contributed by atoms with Gasteiger partial charge >= 0.3 is 0 Å². The molecule has 27 heavy (non-hydrogen) atoms. The van der Waals surface area contributed by atoms with Crippen molar-refractivity contribution in [1.82, 2.24) is 25.6 Å². The first-order valence-corrected chi connectivity index (χ1v) is 10.0. The van der Waals surface area contributed by atoms with Gasteiger partial charge in [0.2, 0.25) is 5.91 Å². The van der Waals surface area contributed by atoms with Crippen molar-refractivity contribution in [3.63, 3.8) is 0 Å². The van der Waals surface area contributed by atoms with E-state index in [2.05, 4.69) is 29.7 Å². The SMILES string of the molecule is CC(C)C1CC(C(=O)N2C[C@H]3CC[C@@H]2CN(C(=O)c2cccnc2)C3)NN1. The summed E-state index contributed by atoms with van der Waals surface area (Å²) >= 11 is 0. The first-order valence-electron chi connectivity index (χ1n) is 10.0. The number of nitrogens with zero attached hydrogens (tertiary/aromatic N) is 3. The van der Waals surface area contributed by atoms with E-state index in [9.17, 15) is 9.59 Å². The number of pyridine rings is 1. The van der Waals surface area contributed by atoms with Crippen LogP contribution >= 0.6 is 0 Å². The molecule has 2 bridgehead atoms. The second-order valence-corrected chi connectivity index (χ2v) is 8.47. The van der Waals surface area contributed by atoms with Gasteiger partial charge in [-0.05, 0) is 43.2 Å². The molecular formula is C20H29N5O2. The maximum atomic E-state index is 13.2. The zero-order chi connectivity index (χ0) is 19.0. The van der Waals surface area contributed by atoms with Gasteiger partial charge in [-0.2, -0.15) is 0 Å². The molecule has 0 aliphatic carbocycles. The molecule has 7 nitrogen and oxygen atoms in total. The second kappa shape index (κ2) is 7.56. The number of hydrazine groups is 1. The Labute approximate surface area is 160 Å². The molecular weight excluding hydrogens is 342 g/mol. The van der Waals surface area contributed by atoms with Gasteiger partial charge in [-0.25, -0.2) is 5.43 Å². The minimum atomic E-state index is -0.167. The molecule has 4 fully saturated rings. The first-order chi connectivity index (χ1) is 13.0. The second-order valence-electron chi connectivity index (χ2n) is 8.47. The Kier molecular flexibility index (Phi) is 5.14. The Bertz CT molecular complexity index is 695. The number of rotatable bonds is 3. The number of carbonyl (C=O) groups excluding carboxylic acids is 2. The lowest BCUT2D eigenvalue weighted by molar-refractivity contribution is -0.137. The summed E-state index contributed by atoms with van der Waals surface area (Å²) in [6, 6.07) is 3.87. The fourth-order valence-electron chi connectivity index (χ4n) is 4.57. The third kappa shape index (κ3) is 3.71. The molecule has 2 unspecified atom stereocenters. The highest BCUT2D eigenvalue weighted by molar-refractivity contribution is 5.94. The van der Waals surface area contributed by atoms with Crippen molar-refractivity contribution in [2.75, 3.05) is 19.6 Å². The highest BCUT2D eigenvalue weighted by Gasteiger charge is 2.42. The molecule has 146 valence electrons. The summed E-state index contributed by atoms with van der Waals surface area (Å²) in [6.45, 7) is 6.43. The van der Waals surface area contributed by atoms with Gasteiger partial charge in [-0.1, -0.05) is 13.8 Å². The molecule has 0 saturated carbocycles. The third-order valence-electron chi connectivity index (χ3n) is 6.23. The van der Waals surface area contributed by atoms with Crippen molar-refractivity contribution >= 4 is 11.8 Å². The Balaban J connectivity index is 1.45. The molecule has 0 spiro atoms. The van der Waals surface area contributed by atoms with Gasteiger partial charge in [0.25, 0.3) is 5.91 Å². The molecule has 2 N–H and O–H groups in total. The van der Waals surface area contributed by atoms with Gasteiger partial charge in [0.1, 0.15) is 6.04 Å². The quantitative estimate of drug-likeness (QED) is 0.830. The minimum Gasteiger partial charge on any atom is -0.336 e. The molecule has 0 radical (unpaired) electrons. The van der Waals surface area contributed by atoms with E-state index in [-0.39, 0.29) is 23.9 Å². The van der Waals surface area contributed by atoms with E-state index in [1.165, 1.54) is 0 Å². The predicted octanol–water partition coefficient (Wildman–Crippen LogP) is 1.04. The average molecular weight is 371 g/mol. The van der Waals surface area contributed by atoms with Gasteiger partial charge < -0.3 is 9.80 Å². The van der Waals surface area contributed by atoms with Crippen LogP contribution in [-0.4, -0.2) is 64.4 Å². The monoisotopic (exact) mass is 371 g/mol. The lowest BCUT2D eigenvalue weighted by atomic mass is 9.93. The van der Waals surface area contributed by atoms with Crippen LogP contribution in [-0.2, 0) is 4.79 Å². The predicted molar refractivity (Wildman–Crippen MR) is 102 cm³/mol. The van der Waals surface area contributed by atoms with Crippen molar-refractivity contribution in [3.05, 3.63) is 30.1 Å². The van der Waals surface area contributed by atoms with Crippen LogP contribution in [0.15, 0.2) is 24.5 Å². The van der Waals surface area contributed by atoms with Crippen LogP contribution in [0.2, 0.25) is 0 Å². The van der Waals surface area contributed by atoms with E-state index in [0.29, 0.717) is 30.0 Å². The normalized spacial score (nSPS) is 30.6. The molecule has 4 aliphatic heterocycles. The number of hydrogen-bond acceptors (Lipinski definition) is 5. The summed E-state index contributed by atoms with van der Waals surface area (Å²) < 4.78 is 0. The zero-order valence-corrected chi connectivity index (χ0v) is 16.1. The molecule has 0 aromatic carbocycles. The number of nitrogens with one attached hydrogen (secondary N) is 2. The van der Waals surface area contributed by atoms with E-state index in [1.54, 1.807) is 18.5 Å². The summed E-state index contributed by atoms with van der Waals surface area (Å²) in [5.41, 5.74) is 7.08. The lowest BCUT2D eigenvalue weighted by Crippen LogP contribution is -2.53. The van der Waals surface area contributed by atoms with E-state index in [0.717, 1.165) is 32.4 Å². The average Bonchev–Trinajstić information content (AvgIpc) is 3.01. The van der Waals surface area contributed by atoms with E-state index in [1.807, 2.05) is 15.9 Å². The van der Waals surface area contributed by atoms with Crippen molar-refractivity contribution in [3.8, 4) is 0 Å². The number of aromatic nitrogens is 1. The fourth-order valence-corrected chi connectivity index (χ4v) is 4.57. The maximum Gasteiger partial charge on any atom is 0.255 e. The summed E-state index contributed by atoms with van der Waals surface area (Å²) in [7, 11) is 0. The minimum absolute atomic E-state index is 0.0230. The van der Waals surface area contributed by atoms with E-state index in [4.69, 9.17) is 0 Å². The molecule has 1 aromatic rings. The molecule has 5 rings (SSSR count). The zero-order valence-electron chi connectivity index (χ0n) is 16.1. The maximum absolute atomic E-state index is 13.2. The Hall–Kier alpha value is -1.99. The standard InChI is InChI=1S/C20H29N5O2/c1-13(2)17-8-18(23-22-17)20(27)25-11-14-5-6-16(25)12-24(10-14)19(26)15-4-3-7-21-9-15/h3-4,7,9,13-14,16-18,22-23H,5-6,8,10-12H2,1-2H3/t14-,16+,17?,18?/m0/s1. The fraction of sp³-hybridized carbons (Fsp3) is 0.650. The summed E-state index contributed by atoms with van der Waals surface area (Å²) in [6.07, 6.45) is 6.18. The van der Waals surface area contributed by atoms with Crippen LogP contribution in [0, 0.1) is 11.8 Å². The molecule has 1 aromatic heterocycles. The van der Waals surface area contributed by atoms with Crippen molar-refractivity contribution in [2.45, 2.75) is 51.2 Å². The largest absolute Gasteiger partial charge is 0.336 e. The summed E-state index contributed by atoms with van der Waals surface area (Å²) in [5.74, 6) is 1.04. The molecule has 5 heterocycles. The summed E-state index contributed by atoms with van der Waals surface area (Å²) in [4.78, 5) is 34.1. The summed E-state index contributed by atoms with van der Waals surface area (Å²) in [5, 5.41) is 0. The number of piperidine rings is 1. The Morgan fingerprint density at radius 2 is 2.04 bits per heavy atom. The van der Waals surface area contributed by atoms with Crippen LogP contribution in [0.1, 0.15) is 43.5 Å². The van der Waals surface area contributed by atoms with Crippen LogP contribution in [0.4, 0.5) is 0 Å². The van der Waals surface area contributed by atoms with Crippen LogP contribution in [0.5, 0.6) is 0 Å². The van der Waals surface area contributed by atoms with Crippen LogP contribution in [0.3, 0.4) is 0 Å². The highest BCUT2D eigenvalue weighted by atomic mass is 16.2. The van der Waals surface area contributed by atoms with Gasteiger partial charge in [-0.15, -0.1) is 0 Å². The topological polar surface area (TPSA) is 77.6 Å². The van der Waals surface area contributed by atoms with Gasteiger partial charge in [0.05, 0.1) is 5.56 Å². The van der Waals surface area contributed by atoms with Gasteiger partial charge in [0, 0.05) is 44.1 Å². The molecule has 4 saturated heterocycles. The molecule has 2 amide bonds. The Morgan fingerprint density at radius 3 is 2.74 bits per heavy atom. The van der Waals surface area contributed by atoms with Crippen LogP contribution in [0.25, 0.3) is 0 Å². The van der Waals surface area contributed by atoms with Gasteiger partial charge in [0.15, 0.2) is 0 Å². The number of carbonyl (C=O) groups is 2. The number of hydrogen-bond donors (Lipinski definition) is 2. The van der Waals surface area contributed by atoms with Crippen molar-refractivity contribution in [1.29, 1.82) is 0 Å². The van der Waals surface area contributed by atoms with Gasteiger partial charge in [-0.3, -0.25) is 20.0 Å². The van der Waals surface area contributed by atoms with Crippen molar-refractivity contribution < 1.29 is 9.59 Å². The number of amides is 2. The first kappa shape index (κ1) is 18.4. The number of fused-ring (bicyclic) bond motifs is 4. The highest BCUT2D eigenvalue weighted by Crippen LogP contribution is 2.30. The van der Waals surface area contributed by atoms with Crippen LogP contribution < -0.4 is 10.9 Å². The molecule has 4 atom stereocenters. The molecule has 7 heteroatoms. The lowest BCUT2D eigenvalue weighted by Gasteiger charge is -2.37. The van der Waals surface area contributed by atoms with Crippen molar-refractivity contribution in [2.24, 2.45) is 11.8 Å². The van der Waals surface area contributed by atoms with E-state index < -0.39 is 0 Å².